The van der Waals surface area contributed by atoms with Crippen molar-refractivity contribution in [3.05, 3.63) is 35.9 Å². The molecule has 1 atom stereocenters. The van der Waals surface area contributed by atoms with Gasteiger partial charge in [0.05, 0.1) is 5.75 Å². The third-order valence-corrected chi connectivity index (χ3v) is 5.20. The number of unbranched alkanes of at least 4 members (excludes halogenated alkanes) is 1. The van der Waals surface area contributed by atoms with Crippen molar-refractivity contribution in [1.29, 1.82) is 0 Å². The molecule has 0 aliphatic rings. The van der Waals surface area contributed by atoms with Gasteiger partial charge in [-0.05, 0) is 32.8 Å². The van der Waals surface area contributed by atoms with Crippen molar-refractivity contribution in [1.82, 2.24) is 9.62 Å². The zero-order chi connectivity index (χ0) is 16.6. The van der Waals surface area contributed by atoms with Gasteiger partial charge in [-0.3, -0.25) is 4.90 Å². The van der Waals surface area contributed by atoms with Crippen molar-refractivity contribution < 1.29 is 8.42 Å². The van der Waals surface area contributed by atoms with E-state index >= 15 is 0 Å². The highest BCUT2D eigenvalue weighted by Gasteiger charge is 2.18. The first-order valence-electron chi connectivity index (χ1n) is 8.12. The fraction of sp³-hybridized carbons (Fsp3) is 0.647. The molecule has 1 aromatic carbocycles. The van der Waals surface area contributed by atoms with Crippen LogP contribution in [0.5, 0.6) is 0 Å². The van der Waals surface area contributed by atoms with Crippen molar-refractivity contribution in [3.8, 4) is 0 Å². The summed E-state index contributed by atoms with van der Waals surface area (Å²) in [6, 6.07) is 10.6. The number of benzene rings is 1. The first-order chi connectivity index (χ1) is 10.3. The van der Waals surface area contributed by atoms with E-state index in [1.54, 1.807) is 0 Å². The van der Waals surface area contributed by atoms with Crippen LogP contribution in [0.1, 0.15) is 46.1 Å². The Bertz CT molecular complexity index is 515. The van der Waals surface area contributed by atoms with Crippen LogP contribution in [0.3, 0.4) is 0 Å². The van der Waals surface area contributed by atoms with Gasteiger partial charge in [0.15, 0.2) is 0 Å². The number of hydrogen-bond donors (Lipinski definition) is 1. The summed E-state index contributed by atoms with van der Waals surface area (Å²) in [6.45, 7) is 9.75. The quantitative estimate of drug-likeness (QED) is 0.719. The molecule has 22 heavy (non-hydrogen) atoms. The number of hydrogen-bond acceptors (Lipinski definition) is 3. The lowest BCUT2D eigenvalue weighted by molar-refractivity contribution is 0.199. The summed E-state index contributed by atoms with van der Waals surface area (Å²) in [6.07, 6.45) is 1.60. The van der Waals surface area contributed by atoms with Crippen LogP contribution in [-0.2, 0) is 16.6 Å². The zero-order valence-electron chi connectivity index (χ0n) is 14.2. The van der Waals surface area contributed by atoms with E-state index in [0.717, 1.165) is 13.0 Å². The molecule has 126 valence electrons. The van der Waals surface area contributed by atoms with Crippen molar-refractivity contribution >= 4 is 10.0 Å². The molecular formula is C17H30N2O2S. The predicted octanol–water partition coefficient (Wildman–Crippen LogP) is 3.01. The highest BCUT2D eigenvalue weighted by atomic mass is 32.2. The minimum absolute atomic E-state index is 0.0898. The maximum absolute atomic E-state index is 12.0. The van der Waals surface area contributed by atoms with Crippen LogP contribution in [0.25, 0.3) is 0 Å². The van der Waals surface area contributed by atoms with Crippen LogP contribution in [0.2, 0.25) is 0 Å². The topological polar surface area (TPSA) is 49.4 Å². The molecule has 0 aliphatic heterocycles. The Morgan fingerprint density at radius 2 is 1.77 bits per heavy atom. The van der Waals surface area contributed by atoms with Gasteiger partial charge in [-0.25, -0.2) is 13.1 Å². The second kappa shape index (κ2) is 9.28. The highest BCUT2D eigenvalue weighted by Crippen LogP contribution is 2.09. The van der Waals surface area contributed by atoms with Gasteiger partial charge in [0.1, 0.15) is 0 Å². The molecule has 0 aliphatic carbocycles. The molecule has 1 N–H and O–H groups in total. The first kappa shape index (κ1) is 19.1. The maximum Gasteiger partial charge on any atom is 0.211 e. The SMILES string of the molecule is CCCCS(=O)(=O)NC(C)CN(Cc1ccccc1)C(C)C. The van der Waals surface area contributed by atoms with E-state index in [0.29, 0.717) is 19.0 Å². The summed E-state index contributed by atoms with van der Waals surface area (Å²) in [5.41, 5.74) is 1.25. The molecule has 0 bridgehead atoms. The second-order valence-electron chi connectivity index (χ2n) is 6.20. The monoisotopic (exact) mass is 326 g/mol. The summed E-state index contributed by atoms with van der Waals surface area (Å²) in [5, 5.41) is 0. The molecule has 0 fully saturated rings. The summed E-state index contributed by atoms with van der Waals surface area (Å²) in [7, 11) is -3.16. The van der Waals surface area contributed by atoms with E-state index in [1.165, 1.54) is 5.56 Å². The summed E-state index contributed by atoms with van der Waals surface area (Å²) < 4.78 is 26.8. The Morgan fingerprint density at radius 1 is 1.14 bits per heavy atom. The van der Waals surface area contributed by atoms with E-state index < -0.39 is 10.0 Å². The van der Waals surface area contributed by atoms with Crippen molar-refractivity contribution in [2.24, 2.45) is 0 Å². The molecule has 4 nitrogen and oxygen atoms in total. The minimum Gasteiger partial charge on any atom is -0.295 e. The lowest BCUT2D eigenvalue weighted by Gasteiger charge is -2.29. The van der Waals surface area contributed by atoms with Gasteiger partial charge in [-0.1, -0.05) is 43.7 Å². The molecule has 0 amide bonds. The normalized spacial score (nSPS) is 13.7. The average molecular weight is 327 g/mol. The number of nitrogens with one attached hydrogen (secondary N) is 1. The van der Waals surface area contributed by atoms with Crippen LogP contribution < -0.4 is 4.72 Å². The fourth-order valence-electron chi connectivity index (χ4n) is 2.36. The lowest BCUT2D eigenvalue weighted by Crippen LogP contribution is -2.44. The zero-order valence-corrected chi connectivity index (χ0v) is 15.1. The van der Waals surface area contributed by atoms with Crippen LogP contribution in [0.4, 0.5) is 0 Å². The molecule has 1 unspecified atom stereocenters. The van der Waals surface area contributed by atoms with Gasteiger partial charge in [0.25, 0.3) is 0 Å². The molecule has 1 aromatic rings. The molecule has 1 rings (SSSR count). The summed E-state index contributed by atoms with van der Waals surface area (Å²) in [5.74, 6) is 0.216. The van der Waals surface area contributed by atoms with Gasteiger partial charge >= 0.3 is 0 Å². The molecule has 0 radical (unpaired) electrons. The maximum atomic E-state index is 12.0. The summed E-state index contributed by atoms with van der Waals surface area (Å²) in [4.78, 5) is 2.29. The third-order valence-electron chi connectivity index (χ3n) is 3.61. The van der Waals surface area contributed by atoms with Gasteiger partial charge in [-0.2, -0.15) is 0 Å². The molecule has 0 heterocycles. The van der Waals surface area contributed by atoms with E-state index in [2.05, 4.69) is 35.6 Å². The Morgan fingerprint density at radius 3 is 2.32 bits per heavy atom. The Hall–Kier alpha value is -0.910. The Balaban J connectivity index is 2.59. The van der Waals surface area contributed by atoms with Gasteiger partial charge in [0, 0.05) is 25.2 Å². The molecule has 0 aromatic heterocycles. The third kappa shape index (κ3) is 7.38. The lowest BCUT2D eigenvalue weighted by atomic mass is 10.1. The highest BCUT2D eigenvalue weighted by molar-refractivity contribution is 7.89. The molecule has 0 saturated carbocycles. The molecule has 0 saturated heterocycles. The van der Waals surface area contributed by atoms with E-state index in [4.69, 9.17) is 0 Å². The average Bonchev–Trinajstić information content (AvgIpc) is 2.45. The Labute approximate surface area is 136 Å². The fourth-order valence-corrected chi connectivity index (χ4v) is 3.84. The molecule has 5 heteroatoms. The number of nitrogens with zero attached hydrogens (tertiary/aromatic N) is 1. The first-order valence-corrected chi connectivity index (χ1v) is 9.77. The number of sulfonamides is 1. The van der Waals surface area contributed by atoms with Crippen LogP contribution in [-0.4, -0.2) is 37.7 Å². The minimum atomic E-state index is -3.16. The van der Waals surface area contributed by atoms with Crippen molar-refractivity contribution in [2.75, 3.05) is 12.3 Å². The van der Waals surface area contributed by atoms with E-state index in [-0.39, 0.29) is 11.8 Å². The van der Waals surface area contributed by atoms with E-state index in [9.17, 15) is 8.42 Å². The van der Waals surface area contributed by atoms with Crippen LogP contribution >= 0.6 is 0 Å². The van der Waals surface area contributed by atoms with Crippen molar-refractivity contribution in [2.45, 2.75) is 59.2 Å². The molecular weight excluding hydrogens is 296 g/mol. The van der Waals surface area contributed by atoms with Gasteiger partial charge in [-0.15, -0.1) is 0 Å². The van der Waals surface area contributed by atoms with Crippen LogP contribution in [0, 0.1) is 0 Å². The van der Waals surface area contributed by atoms with Crippen LogP contribution in [0.15, 0.2) is 30.3 Å². The number of rotatable bonds is 10. The summed E-state index contributed by atoms with van der Waals surface area (Å²) >= 11 is 0. The molecule has 0 spiro atoms. The standard InChI is InChI=1S/C17H30N2O2S/c1-5-6-12-22(20,21)18-16(4)13-19(15(2)3)14-17-10-8-7-9-11-17/h7-11,15-16,18H,5-6,12-14H2,1-4H3. The van der Waals surface area contributed by atoms with Gasteiger partial charge in [0.2, 0.25) is 10.0 Å². The van der Waals surface area contributed by atoms with Gasteiger partial charge < -0.3 is 0 Å². The van der Waals surface area contributed by atoms with E-state index in [1.807, 2.05) is 32.0 Å². The van der Waals surface area contributed by atoms with Crippen molar-refractivity contribution in [3.63, 3.8) is 0 Å². The largest absolute Gasteiger partial charge is 0.295 e. The Kier molecular flexibility index (Phi) is 8.07. The predicted molar refractivity (Wildman–Crippen MR) is 93.3 cm³/mol. The smallest absolute Gasteiger partial charge is 0.211 e. The second-order valence-corrected chi connectivity index (χ2v) is 8.07.